The highest BCUT2D eigenvalue weighted by Gasteiger charge is 2.21. The van der Waals surface area contributed by atoms with Gasteiger partial charge >= 0.3 is 0 Å². The molecule has 0 fully saturated rings. The minimum Gasteiger partial charge on any atom is -0.497 e. The zero-order valence-electron chi connectivity index (χ0n) is 16.8. The van der Waals surface area contributed by atoms with E-state index in [4.69, 9.17) is 9.47 Å². The molecule has 154 valence electrons. The maximum absolute atomic E-state index is 13.1. The van der Waals surface area contributed by atoms with Crippen molar-refractivity contribution in [2.75, 3.05) is 25.2 Å². The average molecular weight is 423 g/mol. The Morgan fingerprint density at radius 2 is 2.07 bits per heavy atom. The van der Waals surface area contributed by atoms with Crippen molar-refractivity contribution in [1.82, 2.24) is 14.8 Å². The third kappa shape index (κ3) is 4.44. The third-order valence-electron chi connectivity index (χ3n) is 4.67. The Hall–Kier alpha value is -3.39. The van der Waals surface area contributed by atoms with Crippen LogP contribution < -0.4 is 14.4 Å². The summed E-state index contributed by atoms with van der Waals surface area (Å²) >= 11 is 1.45. The minimum absolute atomic E-state index is 0.0663. The van der Waals surface area contributed by atoms with E-state index in [1.807, 2.05) is 61.7 Å². The number of amides is 1. The van der Waals surface area contributed by atoms with Crippen LogP contribution in [0.3, 0.4) is 0 Å². The van der Waals surface area contributed by atoms with Gasteiger partial charge in [-0.05, 0) is 42.8 Å². The number of benzene rings is 2. The van der Waals surface area contributed by atoms with Crippen molar-refractivity contribution in [3.05, 3.63) is 66.5 Å². The number of hydrogen-bond donors (Lipinski definition) is 0. The number of rotatable bonds is 8. The Morgan fingerprint density at radius 1 is 1.20 bits per heavy atom. The van der Waals surface area contributed by atoms with E-state index in [1.54, 1.807) is 22.9 Å². The number of methoxy groups -OCH3 is 1. The predicted molar refractivity (Wildman–Crippen MR) is 117 cm³/mol. The third-order valence-corrected chi connectivity index (χ3v) is 5.71. The highest BCUT2D eigenvalue weighted by molar-refractivity contribution is 7.22. The first kappa shape index (κ1) is 19.9. The SMILES string of the molecule is COc1ccc2nc(N(CCn3cccn3)C(=O)COc3ccccc3C)sc2c1. The molecule has 0 radical (unpaired) electrons. The predicted octanol–water partition coefficient (Wildman–Crippen LogP) is 3.92. The molecular formula is C22H22N4O3S. The fourth-order valence-corrected chi connectivity index (χ4v) is 4.07. The quantitative estimate of drug-likeness (QED) is 0.430. The Bertz CT molecular complexity index is 1140. The highest BCUT2D eigenvalue weighted by Crippen LogP contribution is 2.31. The molecule has 0 N–H and O–H groups in total. The number of fused-ring (bicyclic) bond motifs is 1. The van der Waals surface area contributed by atoms with Crippen molar-refractivity contribution in [1.29, 1.82) is 0 Å². The summed E-state index contributed by atoms with van der Waals surface area (Å²) in [6, 6.07) is 15.2. The van der Waals surface area contributed by atoms with Gasteiger partial charge in [-0.2, -0.15) is 5.10 Å². The van der Waals surface area contributed by atoms with Gasteiger partial charge < -0.3 is 9.47 Å². The van der Waals surface area contributed by atoms with Gasteiger partial charge in [0.25, 0.3) is 5.91 Å². The lowest BCUT2D eigenvalue weighted by atomic mass is 10.2. The molecule has 0 unspecified atom stereocenters. The fourth-order valence-electron chi connectivity index (χ4n) is 3.03. The summed E-state index contributed by atoms with van der Waals surface area (Å²) in [5.41, 5.74) is 1.81. The second kappa shape index (κ2) is 8.96. The van der Waals surface area contributed by atoms with E-state index >= 15 is 0 Å². The van der Waals surface area contributed by atoms with Crippen LogP contribution >= 0.6 is 11.3 Å². The summed E-state index contributed by atoms with van der Waals surface area (Å²) < 4.78 is 13.8. The number of ether oxygens (including phenoxy) is 2. The zero-order valence-corrected chi connectivity index (χ0v) is 17.6. The number of hydrogen-bond acceptors (Lipinski definition) is 6. The van der Waals surface area contributed by atoms with Crippen LogP contribution in [-0.2, 0) is 11.3 Å². The Kier molecular flexibility index (Phi) is 5.94. The van der Waals surface area contributed by atoms with E-state index in [1.165, 1.54) is 11.3 Å². The number of para-hydroxylation sites is 1. The van der Waals surface area contributed by atoms with E-state index in [0.29, 0.717) is 24.0 Å². The molecule has 0 bridgehead atoms. The van der Waals surface area contributed by atoms with E-state index in [2.05, 4.69) is 10.1 Å². The van der Waals surface area contributed by atoms with Crippen molar-refractivity contribution in [3.63, 3.8) is 0 Å². The molecule has 0 atom stereocenters. The van der Waals surface area contributed by atoms with Gasteiger partial charge in [0, 0.05) is 18.9 Å². The smallest absolute Gasteiger partial charge is 0.266 e. The summed E-state index contributed by atoms with van der Waals surface area (Å²) in [5.74, 6) is 1.30. The molecule has 2 aromatic carbocycles. The molecule has 4 aromatic rings. The standard InChI is InChI=1S/C22H22N4O3S/c1-16-6-3-4-7-19(16)29-15-21(27)26(13-12-25-11-5-10-23-25)22-24-18-9-8-17(28-2)14-20(18)30-22/h3-11,14H,12-13,15H2,1-2H3. The number of carbonyl (C=O) groups is 1. The van der Waals surface area contributed by atoms with Gasteiger partial charge in [0.15, 0.2) is 11.7 Å². The number of aromatic nitrogens is 3. The second-order valence-electron chi connectivity index (χ2n) is 6.70. The number of anilines is 1. The maximum Gasteiger partial charge on any atom is 0.266 e. The fraction of sp³-hybridized carbons (Fsp3) is 0.227. The topological polar surface area (TPSA) is 69.5 Å². The summed E-state index contributed by atoms with van der Waals surface area (Å²) in [6.07, 6.45) is 3.59. The van der Waals surface area contributed by atoms with Gasteiger partial charge in [0.2, 0.25) is 0 Å². The summed E-state index contributed by atoms with van der Waals surface area (Å²) in [4.78, 5) is 19.4. The molecule has 4 rings (SSSR count). The van der Waals surface area contributed by atoms with Gasteiger partial charge in [0.05, 0.1) is 23.9 Å². The van der Waals surface area contributed by atoms with E-state index in [-0.39, 0.29) is 12.5 Å². The molecule has 0 aliphatic carbocycles. The average Bonchev–Trinajstić information content (AvgIpc) is 3.42. The van der Waals surface area contributed by atoms with Crippen molar-refractivity contribution in [2.45, 2.75) is 13.5 Å². The van der Waals surface area contributed by atoms with Crippen LogP contribution in [-0.4, -0.2) is 40.9 Å². The molecule has 2 aromatic heterocycles. The molecule has 0 saturated heterocycles. The van der Waals surface area contributed by atoms with Gasteiger partial charge in [-0.3, -0.25) is 14.4 Å². The van der Waals surface area contributed by atoms with Crippen molar-refractivity contribution in [3.8, 4) is 11.5 Å². The maximum atomic E-state index is 13.1. The Morgan fingerprint density at radius 3 is 2.83 bits per heavy atom. The Labute approximate surface area is 178 Å². The van der Waals surface area contributed by atoms with Crippen molar-refractivity contribution in [2.24, 2.45) is 0 Å². The van der Waals surface area contributed by atoms with E-state index in [0.717, 1.165) is 21.5 Å². The molecule has 30 heavy (non-hydrogen) atoms. The van der Waals surface area contributed by atoms with Gasteiger partial charge in [-0.15, -0.1) is 0 Å². The lowest BCUT2D eigenvalue weighted by molar-refractivity contribution is -0.120. The molecule has 8 heteroatoms. The molecule has 0 spiro atoms. The summed E-state index contributed by atoms with van der Waals surface area (Å²) in [7, 11) is 1.63. The van der Waals surface area contributed by atoms with E-state index < -0.39 is 0 Å². The van der Waals surface area contributed by atoms with Crippen LogP contribution in [0.2, 0.25) is 0 Å². The first-order valence-corrected chi connectivity index (χ1v) is 10.4. The molecule has 0 saturated carbocycles. The van der Waals surface area contributed by atoms with Crippen LogP contribution in [0.4, 0.5) is 5.13 Å². The van der Waals surface area contributed by atoms with Crippen LogP contribution in [0.5, 0.6) is 11.5 Å². The molecule has 1 amide bonds. The number of carbonyl (C=O) groups excluding carboxylic acids is 1. The first-order valence-electron chi connectivity index (χ1n) is 9.55. The number of thiazole rings is 1. The largest absolute Gasteiger partial charge is 0.497 e. The number of aryl methyl sites for hydroxylation is 1. The normalized spacial score (nSPS) is 10.9. The van der Waals surface area contributed by atoms with Crippen LogP contribution in [0, 0.1) is 6.92 Å². The lowest BCUT2D eigenvalue weighted by Crippen LogP contribution is -2.37. The summed E-state index contributed by atoms with van der Waals surface area (Å²) in [6.45, 7) is 2.89. The van der Waals surface area contributed by atoms with Crippen LogP contribution in [0.1, 0.15) is 5.56 Å². The molecule has 2 heterocycles. The van der Waals surface area contributed by atoms with Crippen LogP contribution in [0.15, 0.2) is 60.9 Å². The molecule has 0 aliphatic rings. The lowest BCUT2D eigenvalue weighted by Gasteiger charge is -2.20. The van der Waals surface area contributed by atoms with Crippen molar-refractivity contribution >= 4 is 32.6 Å². The summed E-state index contributed by atoms with van der Waals surface area (Å²) in [5, 5.41) is 4.85. The highest BCUT2D eigenvalue weighted by atomic mass is 32.1. The van der Waals surface area contributed by atoms with Crippen molar-refractivity contribution < 1.29 is 14.3 Å². The van der Waals surface area contributed by atoms with Gasteiger partial charge in [0.1, 0.15) is 11.5 Å². The van der Waals surface area contributed by atoms with Gasteiger partial charge in [-0.25, -0.2) is 4.98 Å². The Balaban J connectivity index is 1.56. The van der Waals surface area contributed by atoms with Gasteiger partial charge in [-0.1, -0.05) is 29.5 Å². The monoisotopic (exact) mass is 422 g/mol. The molecular weight excluding hydrogens is 400 g/mol. The van der Waals surface area contributed by atoms with Crippen LogP contribution in [0.25, 0.3) is 10.2 Å². The molecule has 0 aliphatic heterocycles. The first-order chi connectivity index (χ1) is 14.6. The zero-order chi connectivity index (χ0) is 20.9. The number of nitrogens with zero attached hydrogens (tertiary/aromatic N) is 4. The second-order valence-corrected chi connectivity index (χ2v) is 7.71. The molecule has 7 nitrogen and oxygen atoms in total. The minimum atomic E-state index is -0.156. The van der Waals surface area contributed by atoms with E-state index in [9.17, 15) is 4.79 Å².